The number of aromatic nitrogens is 3. The summed E-state index contributed by atoms with van der Waals surface area (Å²) >= 11 is 0. The van der Waals surface area contributed by atoms with E-state index in [4.69, 9.17) is 5.73 Å². The number of likely N-dealkylation sites (N-methyl/N-ethyl adjacent to an activating group) is 1. The van der Waals surface area contributed by atoms with E-state index in [0.29, 0.717) is 17.1 Å². The summed E-state index contributed by atoms with van der Waals surface area (Å²) in [5, 5.41) is 0. The van der Waals surface area contributed by atoms with Crippen LogP contribution in [0.25, 0.3) is 11.2 Å². The van der Waals surface area contributed by atoms with Crippen molar-refractivity contribution in [3.8, 4) is 0 Å². The molecule has 2 aromatic rings. The molecule has 1 amide bonds. The molecule has 18 heavy (non-hydrogen) atoms. The van der Waals surface area contributed by atoms with Crippen molar-refractivity contribution < 1.29 is 4.79 Å². The van der Waals surface area contributed by atoms with Crippen molar-refractivity contribution in [1.29, 1.82) is 0 Å². The van der Waals surface area contributed by atoms with Gasteiger partial charge in [0.2, 0.25) is 11.9 Å². The Labute approximate surface area is 105 Å². The zero-order valence-corrected chi connectivity index (χ0v) is 11.0. The number of nitrogens with zero attached hydrogens (tertiary/aromatic N) is 4. The molecule has 96 valence electrons. The first kappa shape index (κ1) is 12.3. The molecular formula is C12H17N5O. The SMILES string of the molecule is Cc1ccc2nc(N)n(C(C)C(=O)N(C)C)c2n1. The van der Waals surface area contributed by atoms with E-state index in [0.717, 1.165) is 5.69 Å². The highest BCUT2D eigenvalue weighted by molar-refractivity contribution is 5.83. The van der Waals surface area contributed by atoms with Crippen LogP contribution in [0.4, 0.5) is 5.95 Å². The van der Waals surface area contributed by atoms with Gasteiger partial charge in [0.05, 0.1) is 0 Å². The lowest BCUT2D eigenvalue weighted by atomic mass is 10.3. The molecule has 6 nitrogen and oxygen atoms in total. The van der Waals surface area contributed by atoms with Gasteiger partial charge in [0, 0.05) is 19.8 Å². The Kier molecular flexibility index (Phi) is 2.94. The Hall–Kier alpha value is -2.11. The van der Waals surface area contributed by atoms with Gasteiger partial charge in [-0.2, -0.15) is 0 Å². The second-order valence-corrected chi connectivity index (χ2v) is 4.54. The summed E-state index contributed by atoms with van der Waals surface area (Å²) in [6, 6.07) is 3.31. The fraction of sp³-hybridized carbons (Fsp3) is 0.417. The summed E-state index contributed by atoms with van der Waals surface area (Å²) in [5.74, 6) is 0.273. The average molecular weight is 247 g/mol. The van der Waals surface area contributed by atoms with E-state index in [9.17, 15) is 4.79 Å². The summed E-state index contributed by atoms with van der Waals surface area (Å²) in [7, 11) is 3.43. The zero-order valence-electron chi connectivity index (χ0n) is 11.0. The minimum Gasteiger partial charge on any atom is -0.369 e. The second-order valence-electron chi connectivity index (χ2n) is 4.54. The lowest BCUT2D eigenvalue weighted by Crippen LogP contribution is -2.30. The van der Waals surface area contributed by atoms with Gasteiger partial charge in [0.1, 0.15) is 11.6 Å². The van der Waals surface area contributed by atoms with Crippen LogP contribution in [0.3, 0.4) is 0 Å². The smallest absolute Gasteiger partial charge is 0.245 e. The van der Waals surface area contributed by atoms with Gasteiger partial charge in [0.25, 0.3) is 0 Å². The molecule has 1 atom stereocenters. The van der Waals surface area contributed by atoms with Crippen molar-refractivity contribution in [3.63, 3.8) is 0 Å². The van der Waals surface area contributed by atoms with E-state index in [1.54, 1.807) is 25.6 Å². The van der Waals surface area contributed by atoms with E-state index in [1.807, 2.05) is 19.1 Å². The van der Waals surface area contributed by atoms with E-state index in [1.165, 1.54) is 4.90 Å². The number of fused-ring (bicyclic) bond motifs is 1. The molecule has 2 N–H and O–H groups in total. The fourth-order valence-electron chi connectivity index (χ4n) is 1.95. The first-order valence-corrected chi connectivity index (χ1v) is 5.74. The average Bonchev–Trinajstić information content (AvgIpc) is 2.62. The van der Waals surface area contributed by atoms with Gasteiger partial charge >= 0.3 is 0 Å². The number of pyridine rings is 1. The highest BCUT2D eigenvalue weighted by atomic mass is 16.2. The molecule has 0 aliphatic heterocycles. The van der Waals surface area contributed by atoms with E-state index in [-0.39, 0.29) is 5.91 Å². The van der Waals surface area contributed by atoms with Crippen molar-refractivity contribution >= 4 is 23.0 Å². The quantitative estimate of drug-likeness (QED) is 0.857. The largest absolute Gasteiger partial charge is 0.369 e. The Morgan fingerprint density at radius 2 is 2.06 bits per heavy atom. The van der Waals surface area contributed by atoms with Crippen molar-refractivity contribution in [2.24, 2.45) is 0 Å². The van der Waals surface area contributed by atoms with Crippen molar-refractivity contribution in [2.75, 3.05) is 19.8 Å². The molecule has 0 aliphatic carbocycles. The van der Waals surface area contributed by atoms with Crippen LogP contribution in [0.15, 0.2) is 12.1 Å². The molecule has 0 fully saturated rings. The molecule has 0 radical (unpaired) electrons. The van der Waals surface area contributed by atoms with Gasteiger partial charge < -0.3 is 10.6 Å². The first-order chi connectivity index (χ1) is 8.41. The Morgan fingerprint density at radius 1 is 1.39 bits per heavy atom. The van der Waals surface area contributed by atoms with Gasteiger partial charge in [-0.25, -0.2) is 9.97 Å². The maximum Gasteiger partial charge on any atom is 0.245 e. The molecule has 0 spiro atoms. The third-order valence-corrected chi connectivity index (χ3v) is 2.89. The summed E-state index contributed by atoms with van der Waals surface area (Å²) in [6.07, 6.45) is 0. The molecule has 6 heteroatoms. The minimum atomic E-state index is -0.417. The van der Waals surface area contributed by atoms with Gasteiger partial charge in [-0.05, 0) is 26.0 Å². The number of anilines is 1. The minimum absolute atomic E-state index is 0.0377. The normalized spacial score (nSPS) is 12.7. The lowest BCUT2D eigenvalue weighted by molar-refractivity contribution is -0.131. The summed E-state index contributed by atoms with van der Waals surface area (Å²) in [5.41, 5.74) is 8.11. The van der Waals surface area contributed by atoms with Crippen LogP contribution >= 0.6 is 0 Å². The number of carbonyl (C=O) groups is 1. The van der Waals surface area contributed by atoms with Crippen LogP contribution in [0.2, 0.25) is 0 Å². The molecular weight excluding hydrogens is 230 g/mol. The van der Waals surface area contributed by atoms with E-state index in [2.05, 4.69) is 9.97 Å². The molecule has 0 aromatic carbocycles. The molecule has 1 unspecified atom stereocenters. The van der Waals surface area contributed by atoms with Gasteiger partial charge in [0.15, 0.2) is 5.65 Å². The Balaban J connectivity index is 2.59. The topological polar surface area (TPSA) is 77.0 Å². The number of amides is 1. The number of carbonyl (C=O) groups excluding carboxylic acids is 1. The molecule has 0 saturated heterocycles. The predicted octanol–water partition coefficient (Wildman–Crippen LogP) is 0.971. The summed E-state index contributed by atoms with van der Waals surface area (Å²) in [4.78, 5) is 22.2. The maximum absolute atomic E-state index is 12.0. The van der Waals surface area contributed by atoms with Crippen LogP contribution in [0.1, 0.15) is 18.7 Å². The van der Waals surface area contributed by atoms with Crippen LogP contribution in [0, 0.1) is 6.92 Å². The number of nitrogen functional groups attached to an aromatic ring is 1. The van der Waals surface area contributed by atoms with Gasteiger partial charge in [-0.3, -0.25) is 9.36 Å². The fourth-order valence-corrected chi connectivity index (χ4v) is 1.95. The van der Waals surface area contributed by atoms with E-state index < -0.39 is 6.04 Å². The summed E-state index contributed by atoms with van der Waals surface area (Å²) < 4.78 is 1.67. The predicted molar refractivity (Wildman–Crippen MR) is 70.1 cm³/mol. The van der Waals surface area contributed by atoms with Gasteiger partial charge in [-0.1, -0.05) is 0 Å². The first-order valence-electron chi connectivity index (χ1n) is 5.74. The Morgan fingerprint density at radius 3 is 2.67 bits per heavy atom. The molecule has 0 aliphatic rings. The molecule has 0 saturated carbocycles. The maximum atomic E-state index is 12.0. The number of rotatable bonds is 2. The zero-order chi connectivity index (χ0) is 13.4. The standard InChI is InChI=1S/C12H17N5O/c1-7-5-6-9-10(14-7)17(12(13)15-9)8(2)11(18)16(3)4/h5-6,8H,1-4H3,(H2,13,15). The number of imidazole rings is 1. The van der Waals surface area contributed by atoms with Crippen LogP contribution < -0.4 is 5.73 Å². The van der Waals surface area contributed by atoms with Crippen LogP contribution in [-0.4, -0.2) is 39.4 Å². The highest BCUT2D eigenvalue weighted by Crippen LogP contribution is 2.22. The van der Waals surface area contributed by atoms with Crippen molar-refractivity contribution in [3.05, 3.63) is 17.8 Å². The van der Waals surface area contributed by atoms with Crippen LogP contribution in [0.5, 0.6) is 0 Å². The highest BCUT2D eigenvalue weighted by Gasteiger charge is 2.22. The molecule has 2 heterocycles. The van der Waals surface area contributed by atoms with Crippen molar-refractivity contribution in [2.45, 2.75) is 19.9 Å². The molecule has 2 aromatic heterocycles. The van der Waals surface area contributed by atoms with E-state index >= 15 is 0 Å². The lowest BCUT2D eigenvalue weighted by Gasteiger charge is -2.19. The number of hydrogen-bond acceptors (Lipinski definition) is 4. The van der Waals surface area contributed by atoms with Crippen LogP contribution in [-0.2, 0) is 4.79 Å². The van der Waals surface area contributed by atoms with Crippen molar-refractivity contribution in [1.82, 2.24) is 19.4 Å². The third-order valence-electron chi connectivity index (χ3n) is 2.89. The monoisotopic (exact) mass is 247 g/mol. The third kappa shape index (κ3) is 1.90. The summed E-state index contributed by atoms with van der Waals surface area (Å²) in [6.45, 7) is 3.69. The number of hydrogen-bond donors (Lipinski definition) is 1. The second kappa shape index (κ2) is 4.29. The number of aryl methyl sites for hydroxylation is 1. The number of nitrogens with two attached hydrogens (primary N) is 1. The molecule has 2 rings (SSSR count). The van der Waals surface area contributed by atoms with Gasteiger partial charge in [-0.15, -0.1) is 0 Å². The Bertz CT molecular complexity index is 602. The molecule has 0 bridgehead atoms.